The van der Waals surface area contributed by atoms with Crippen molar-refractivity contribution in [1.29, 1.82) is 0 Å². The van der Waals surface area contributed by atoms with Crippen LogP contribution in [0.25, 0.3) is 10.4 Å². The molecule has 0 amide bonds. The zero-order valence-corrected chi connectivity index (χ0v) is 18.9. The van der Waals surface area contributed by atoms with Crippen LogP contribution in [0.3, 0.4) is 0 Å². The lowest BCUT2D eigenvalue weighted by molar-refractivity contribution is 1.15. The van der Waals surface area contributed by atoms with Crippen LogP contribution in [0.1, 0.15) is 0 Å². The van der Waals surface area contributed by atoms with E-state index in [1.807, 2.05) is 36.2 Å². The number of thiazole rings is 1. The van der Waals surface area contributed by atoms with Crippen molar-refractivity contribution in [3.8, 4) is 10.4 Å². The molecule has 2 N–H and O–H groups in total. The highest BCUT2D eigenvalue weighted by molar-refractivity contribution is 7.99. The summed E-state index contributed by atoms with van der Waals surface area (Å²) in [5.41, 5.74) is 1.11. The van der Waals surface area contributed by atoms with Crippen LogP contribution in [0.15, 0.2) is 83.0 Å². The second kappa shape index (κ2) is 10.5. The van der Waals surface area contributed by atoms with E-state index in [1.165, 1.54) is 4.90 Å². The van der Waals surface area contributed by atoms with Crippen LogP contribution in [0.4, 0.5) is 16.8 Å². The van der Waals surface area contributed by atoms with Crippen molar-refractivity contribution in [1.82, 2.24) is 15.0 Å². The first-order valence-electron chi connectivity index (χ1n) is 9.41. The summed E-state index contributed by atoms with van der Waals surface area (Å²) in [6.07, 6.45) is 7.57. The van der Waals surface area contributed by atoms with Crippen LogP contribution >= 0.6 is 34.9 Å². The lowest BCUT2D eigenvalue weighted by Gasteiger charge is -2.11. The minimum atomic E-state index is 0.776. The standard InChI is InChI=1S/C22H21N5S3/c1-28-12-11-24-20-13-18(29-17-5-3-2-4-6-17)14-21(26-20)27-22-25-15-19(30-22)16-7-9-23-10-8-16/h2-10,13-15H,11-12H2,1H3,(H2,24,25,26,27). The van der Waals surface area contributed by atoms with Gasteiger partial charge in [-0.3, -0.25) is 4.98 Å². The third-order valence-electron chi connectivity index (χ3n) is 4.10. The third-order valence-corrected chi connectivity index (χ3v) is 6.65. The fourth-order valence-corrected chi connectivity index (χ4v) is 4.76. The Labute approximate surface area is 188 Å². The average molecular weight is 452 g/mol. The fourth-order valence-electron chi connectivity index (χ4n) is 2.72. The summed E-state index contributed by atoms with van der Waals surface area (Å²) in [4.78, 5) is 16.7. The third kappa shape index (κ3) is 5.75. The van der Waals surface area contributed by atoms with E-state index in [-0.39, 0.29) is 0 Å². The number of thioether (sulfide) groups is 1. The Morgan fingerprint density at radius 1 is 0.967 bits per heavy atom. The summed E-state index contributed by atoms with van der Waals surface area (Å²) in [6, 6.07) is 18.5. The smallest absolute Gasteiger partial charge is 0.188 e. The molecule has 8 heteroatoms. The summed E-state index contributed by atoms with van der Waals surface area (Å²) in [5, 5.41) is 7.60. The molecule has 0 spiro atoms. The molecule has 0 saturated carbocycles. The molecule has 4 rings (SSSR count). The van der Waals surface area contributed by atoms with E-state index in [9.17, 15) is 0 Å². The van der Waals surface area contributed by atoms with Gasteiger partial charge in [-0.1, -0.05) is 41.3 Å². The van der Waals surface area contributed by atoms with Gasteiger partial charge in [0.15, 0.2) is 5.13 Å². The van der Waals surface area contributed by atoms with Gasteiger partial charge in [0.05, 0.1) is 4.88 Å². The van der Waals surface area contributed by atoms with E-state index < -0.39 is 0 Å². The lowest BCUT2D eigenvalue weighted by Crippen LogP contribution is -2.06. The Morgan fingerprint density at radius 3 is 2.57 bits per heavy atom. The number of benzene rings is 1. The molecule has 0 bridgehead atoms. The van der Waals surface area contributed by atoms with Gasteiger partial charge in [-0.15, -0.1) is 0 Å². The molecule has 0 aliphatic carbocycles. The summed E-state index contributed by atoms with van der Waals surface area (Å²) in [6.45, 7) is 0.872. The summed E-state index contributed by atoms with van der Waals surface area (Å²) in [7, 11) is 0. The molecule has 4 aromatic rings. The first kappa shape index (κ1) is 20.7. The van der Waals surface area contributed by atoms with Gasteiger partial charge >= 0.3 is 0 Å². The van der Waals surface area contributed by atoms with Crippen molar-refractivity contribution in [3.63, 3.8) is 0 Å². The molecular formula is C22H21N5S3. The number of nitrogens with zero attached hydrogens (tertiary/aromatic N) is 3. The minimum Gasteiger partial charge on any atom is -0.369 e. The zero-order chi connectivity index (χ0) is 20.6. The monoisotopic (exact) mass is 451 g/mol. The summed E-state index contributed by atoms with van der Waals surface area (Å²) < 4.78 is 0. The van der Waals surface area contributed by atoms with Crippen LogP contribution < -0.4 is 10.6 Å². The number of rotatable bonds is 9. The van der Waals surface area contributed by atoms with Crippen molar-refractivity contribution in [3.05, 3.63) is 73.2 Å². The maximum absolute atomic E-state index is 4.74. The lowest BCUT2D eigenvalue weighted by atomic mass is 10.2. The van der Waals surface area contributed by atoms with Crippen LogP contribution in [0.2, 0.25) is 0 Å². The van der Waals surface area contributed by atoms with E-state index >= 15 is 0 Å². The number of hydrogen-bond donors (Lipinski definition) is 2. The predicted octanol–water partition coefficient (Wildman–Crippen LogP) is 6.27. The molecule has 1 aromatic carbocycles. The number of hydrogen-bond acceptors (Lipinski definition) is 8. The Hall–Kier alpha value is -2.55. The van der Waals surface area contributed by atoms with Gasteiger partial charge < -0.3 is 10.6 Å². The maximum Gasteiger partial charge on any atom is 0.188 e. The first-order valence-corrected chi connectivity index (χ1v) is 12.4. The van der Waals surface area contributed by atoms with Gasteiger partial charge in [-0.05, 0) is 48.2 Å². The molecule has 0 unspecified atom stereocenters. The Balaban J connectivity index is 1.55. The predicted molar refractivity (Wildman–Crippen MR) is 130 cm³/mol. The summed E-state index contributed by atoms with van der Waals surface area (Å²) in [5.74, 6) is 2.67. The molecular weight excluding hydrogens is 430 g/mol. The molecule has 0 radical (unpaired) electrons. The molecule has 0 saturated heterocycles. The number of aromatic nitrogens is 3. The normalized spacial score (nSPS) is 10.7. The molecule has 3 heterocycles. The zero-order valence-electron chi connectivity index (χ0n) is 16.4. The quantitative estimate of drug-likeness (QED) is 0.291. The fraction of sp³-hybridized carbons (Fsp3) is 0.136. The molecule has 0 aliphatic rings. The largest absolute Gasteiger partial charge is 0.369 e. The van der Waals surface area contributed by atoms with Gasteiger partial charge in [0.25, 0.3) is 0 Å². The van der Waals surface area contributed by atoms with Crippen LogP contribution in [0.5, 0.6) is 0 Å². The Kier molecular flexibility index (Phi) is 7.23. The van der Waals surface area contributed by atoms with Gasteiger partial charge in [0, 0.05) is 40.7 Å². The summed E-state index contributed by atoms with van der Waals surface area (Å²) >= 11 is 5.13. The number of anilines is 3. The topological polar surface area (TPSA) is 62.7 Å². The SMILES string of the molecule is CSCCNc1cc(Sc2ccccc2)cc(Nc2ncc(-c3ccncc3)s2)n1. The first-order chi connectivity index (χ1) is 14.8. The molecule has 30 heavy (non-hydrogen) atoms. The Bertz CT molecular complexity index is 1070. The van der Waals surface area contributed by atoms with E-state index in [0.29, 0.717) is 0 Å². The average Bonchev–Trinajstić information content (AvgIpc) is 3.24. The van der Waals surface area contributed by atoms with Crippen LogP contribution in [0, 0.1) is 0 Å². The highest BCUT2D eigenvalue weighted by Crippen LogP contribution is 2.33. The van der Waals surface area contributed by atoms with E-state index in [0.717, 1.165) is 44.4 Å². The van der Waals surface area contributed by atoms with Gasteiger partial charge in [0.2, 0.25) is 0 Å². The van der Waals surface area contributed by atoms with Crippen molar-refractivity contribution < 1.29 is 0 Å². The van der Waals surface area contributed by atoms with Crippen molar-refractivity contribution in [2.24, 2.45) is 0 Å². The number of nitrogens with one attached hydrogen (secondary N) is 2. The van der Waals surface area contributed by atoms with E-state index in [1.54, 1.807) is 35.5 Å². The van der Waals surface area contributed by atoms with Crippen molar-refractivity contribution >= 4 is 51.6 Å². The second-order valence-electron chi connectivity index (χ2n) is 6.30. The van der Waals surface area contributed by atoms with Crippen LogP contribution in [-0.2, 0) is 0 Å². The van der Waals surface area contributed by atoms with Crippen LogP contribution in [-0.4, -0.2) is 33.5 Å². The molecule has 0 fully saturated rings. The van der Waals surface area contributed by atoms with Gasteiger partial charge in [-0.25, -0.2) is 9.97 Å². The Morgan fingerprint density at radius 2 is 1.77 bits per heavy atom. The maximum atomic E-state index is 4.74. The molecule has 0 aliphatic heterocycles. The van der Waals surface area contributed by atoms with Gasteiger partial charge in [0.1, 0.15) is 11.6 Å². The minimum absolute atomic E-state index is 0.776. The molecule has 5 nitrogen and oxygen atoms in total. The highest BCUT2D eigenvalue weighted by Gasteiger charge is 2.09. The van der Waals surface area contributed by atoms with Gasteiger partial charge in [-0.2, -0.15) is 11.8 Å². The van der Waals surface area contributed by atoms with E-state index in [4.69, 9.17) is 4.98 Å². The molecule has 0 atom stereocenters. The van der Waals surface area contributed by atoms with Crippen molar-refractivity contribution in [2.75, 3.05) is 29.2 Å². The number of pyridine rings is 2. The second-order valence-corrected chi connectivity index (χ2v) is 9.46. The highest BCUT2D eigenvalue weighted by atomic mass is 32.2. The van der Waals surface area contributed by atoms with E-state index in [2.05, 4.69) is 63.3 Å². The molecule has 152 valence electrons. The molecule has 3 aromatic heterocycles. The van der Waals surface area contributed by atoms with Crippen molar-refractivity contribution in [2.45, 2.75) is 9.79 Å².